The summed E-state index contributed by atoms with van der Waals surface area (Å²) in [7, 11) is 1.51. The molecule has 0 saturated heterocycles. The smallest absolute Gasteiger partial charge is 0.235 e. The number of fused-ring (bicyclic) bond motifs is 1. The van der Waals surface area contributed by atoms with Crippen molar-refractivity contribution in [1.29, 1.82) is 0 Å². The minimum atomic E-state index is 0.0717. The maximum absolute atomic E-state index is 9.86. The Balaban J connectivity index is 1.89. The van der Waals surface area contributed by atoms with Crippen LogP contribution in [0.5, 0.6) is 11.5 Å². The fourth-order valence-electron chi connectivity index (χ4n) is 2.74. The number of nitrogens with one attached hydrogen (secondary N) is 1. The van der Waals surface area contributed by atoms with Gasteiger partial charge in [0.1, 0.15) is 11.5 Å². The number of ether oxygens (including phenoxy) is 1. The first-order valence-corrected chi connectivity index (χ1v) is 8.26. The summed E-state index contributed by atoms with van der Waals surface area (Å²) >= 11 is 6.10. The molecule has 26 heavy (non-hydrogen) atoms. The van der Waals surface area contributed by atoms with E-state index in [0.29, 0.717) is 22.2 Å². The second-order valence-electron chi connectivity index (χ2n) is 5.62. The van der Waals surface area contributed by atoms with Crippen LogP contribution in [-0.4, -0.2) is 26.6 Å². The molecule has 2 aromatic heterocycles. The number of halogens is 1. The lowest BCUT2D eigenvalue weighted by Crippen LogP contribution is -1.97. The molecule has 0 amide bonds. The van der Waals surface area contributed by atoms with Crippen LogP contribution >= 0.6 is 11.6 Å². The largest absolute Gasteiger partial charge is 0.504 e. The van der Waals surface area contributed by atoms with E-state index in [1.807, 2.05) is 40.9 Å². The molecule has 2 aromatic carbocycles. The summed E-state index contributed by atoms with van der Waals surface area (Å²) in [4.78, 5) is 8.94. The normalized spacial score (nSPS) is 10.8. The van der Waals surface area contributed by atoms with Crippen LogP contribution in [0.2, 0.25) is 5.02 Å². The molecule has 130 valence electrons. The first-order chi connectivity index (χ1) is 12.7. The van der Waals surface area contributed by atoms with Gasteiger partial charge in [-0.15, -0.1) is 0 Å². The van der Waals surface area contributed by atoms with E-state index in [2.05, 4.69) is 15.3 Å². The van der Waals surface area contributed by atoms with Crippen molar-refractivity contribution in [3.63, 3.8) is 0 Å². The molecule has 0 spiro atoms. The van der Waals surface area contributed by atoms with Crippen molar-refractivity contribution in [1.82, 2.24) is 14.4 Å². The number of aromatic nitrogens is 3. The predicted octanol–water partition coefficient (Wildman–Crippen LogP) is 4.51. The van der Waals surface area contributed by atoms with Crippen molar-refractivity contribution >= 4 is 28.9 Å². The first kappa shape index (κ1) is 16.2. The number of rotatable bonds is 4. The third kappa shape index (κ3) is 2.91. The minimum absolute atomic E-state index is 0.0717. The zero-order valence-corrected chi connectivity index (χ0v) is 14.6. The molecule has 6 nitrogen and oxygen atoms in total. The quantitative estimate of drug-likeness (QED) is 0.556. The van der Waals surface area contributed by atoms with Gasteiger partial charge in [0.15, 0.2) is 11.5 Å². The summed E-state index contributed by atoms with van der Waals surface area (Å²) in [5.74, 6) is 1.74. The van der Waals surface area contributed by atoms with Gasteiger partial charge in [-0.1, -0.05) is 17.7 Å². The molecule has 0 aliphatic heterocycles. The topological polar surface area (TPSA) is 71.7 Å². The number of anilines is 2. The van der Waals surface area contributed by atoms with E-state index in [4.69, 9.17) is 16.3 Å². The molecule has 0 fully saturated rings. The van der Waals surface area contributed by atoms with Gasteiger partial charge in [-0.05, 0) is 42.5 Å². The molecule has 4 aromatic rings. The lowest BCUT2D eigenvalue weighted by atomic mass is 10.1. The van der Waals surface area contributed by atoms with E-state index < -0.39 is 0 Å². The van der Waals surface area contributed by atoms with E-state index in [1.165, 1.54) is 7.11 Å². The average molecular weight is 367 g/mol. The summed E-state index contributed by atoms with van der Waals surface area (Å²) in [5, 5.41) is 13.9. The Morgan fingerprint density at radius 1 is 1.15 bits per heavy atom. The highest BCUT2D eigenvalue weighted by molar-refractivity contribution is 6.30. The number of aromatic hydroxyl groups is 1. The maximum atomic E-state index is 9.86. The lowest BCUT2D eigenvalue weighted by molar-refractivity contribution is 0.373. The van der Waals surface area contributed by atoms with Crippen LogP contribution in [0, 0.1) is 0 Å². The Kier molecular flexibility index (Phi) is 4.10. The number of nitrogens with zero attached hydrogens (tertiary/aromatic N) is 3. The summed E-state index contributed by atoms with van der Waals surface area (Å²) in [6.45, 7) is 0. The average Bonchev–Trinajstić information content (AvgIpc) is 3.01. The van der Waals surface area contributed by atoms with Gasteiger partial charge in [0.05, 0.1) is 7.11 Å². The Bertz CT molecular complexity index is 1090. The zero-order valence-electron chi connectivity index (χ0n) is 13.8. The SMILES string of the molecule is COc1cc(-c2nc3ncccn3c2Nc2cccc(Cl)c2)ccc1O. The number of phenolic OH excluding ortho intramolecular Hbond substituents is 1. The van der Waals surface area contributed by atoms with E-state index in [1.54, 1.807) is 24.4 Å². The number of methoxy groups -OCH3 is 1. The molecule has 2 N–H and O–H groups in total. The van der Waals surface area contributed by atoms with Crippen LogP contribution in [0.15, 0.2) is 60.9 Å². The Labute approximate surface area is 154 Å². The highest BCUT2D eigenvalue weighted by Gasteiger charge is 2.16. The molecule has 2 heterocycles. The Morgan fingerprint density at radius 2 is 2.04 bits per heavy atom. The van der Waals surface area contributed by atoms with Crippen LogP contribution < -0.4 is 10.1 Å². The number of benzene rings is 2. The van der Waals surface area contributed by atoms with E-state index >= 15 is 0 Å². The molecule has 0 saturated carbocycles. The van der Waals surface area contributed by atoms with Gasteiger partial charge in [0, 0.05) is 28.7 Å². The lowest BCUT2D eigenvalue weighted by Gasteiger charge is -2.10. The maximum Gasteiger partial charge on any atom is 0.235 e. The monoisotopic (exact) mass is 366 g/mol. The van der Waals surface area contributed by atoms with Crippen molar-refractivity contribution in [3.05, 3.63) is 65.9 Å². The molecule has 0 bridgehead atoms. The molecule has 0 atom stereocenters. The predicted molar refractivity (Wildman–Crippen MR) is 101 cm³/mol. The van der Waals surface area contributed by atoms with E-state index in [-0.39, 0.29) is 5.75 Å². The van der Waals surface area contributed by atoms with Crippen LogP contribution in [0.4, 0.5) is 11.5 Å². The standard InChI is InChI=1S/C19H15ClN4O2/c1-26-16-10-12(6-7-15(16)25)17-18(22-14-5-2-4-13(20)11-14)24-9-3-8-21-19(24)23-17/h2-11,22,25H,1H3. The Morgan fingerprint density at radius 3 is 2.85 bits per heavy atom. The van der Waals surface area contributed by atoms with Crippen LogP contribution in [-0.2, 0) is 0 Å². The molecule has 0 radical (unpaired) electrons. The number of hydrogen-bond acceptors (Lipinski definition) is 5. The number of hydrogen-bond donors (Lipinski definition) is 2. The van der Waals surface area contributed by atoms with Gasteiger partial charge in [-0.3, -0.25) is 4.40 Å². The third-order valence-corrected chi connectivity index (χ3v) is 4.18. The molecule has 7 heteroatoms. The second-order valence-corrected chi connectivity index (χ2v) is 6.06. The van der Waals surface area contributed by atoms with Crippen molar-refractivity contribution < 1.29 is 9.84 Å². The van der Waals surface area contributed by atoms with E-state index in [0.717, 1.165) is 17.1 Å². The van der Waals surface area contributed by atoms with Gasteiger partial charge in [-0.2, -0.15) is 0 Å². The van der Waals surface area contributed by atoms with Crippen molar-refractivity contribution in [2.24, 2.45) is 0 Å². The van der Waals surface area contributed by atoms with Gasteiger partial charge < -0.3 is 15.2 Å². The highest BCUT2D eigenvalue weighted by Crippen LogP contribution is 2.36. The molecule has 0 aliphatic carbocycles. The third-order valence-electron chi connectivity index (χ3n) is 3.94. The second kappa shape index (κ2) is 6.57. The fraction of sp³-hybridized carbons (Fsp3) is 0.0526. The van der Waals surface area contributed by atoms with Gasteiger partial charge in [-0.25, -0.2) is 9.97 Å². The number of phenols is 1. The highest BCUT2D eigenvalue weighted by atomic mass is 35.5. The van der Waals surface area contributed by atoms with Crippen LogP contribution in [0.1, 0.15) is 0 Å². The minimum Gasteiger partial charge on any atom is -0.504 e. The van der Waals surface area contributed by atoms with Crippen molar-refractivity contribution in [2.45, 2.75) is 0 Å². The summed E-state index contributed by atoms with van der Waals surface area (Å²) in [6.07, 6.45) is 3.57. The molecular formula is C19H15ClN4O2. The molecule has 4 rings (SSSR count). The Hall–Kier alpha value is -3.25. The van der Waals surface area contributed by atoms with Crippen molar-refractivity contribution in [2.75, 3.05) is 12.4 Å². The zero-order chi connectivity index (χ0) is 18.1. The number of imidazole rings is 1. The molecule has 0 unspecified atom stereocenters. The van der Waals surface area contributed by atoms with Gasteiger partial charge in [0.25, 0.3) is 0 Å². The first-order valence-electron chi connectivity index (χ1n) is 7.89. The summed E-state index contributed by atoms with van der Waals surface area (Å²) in [6, 6.07) is 14.4. The summed E-state index contributed by atoms with van der Waals surface area (Å²) in [5.41, 5.74) is 2.30. The molecular weight excluding hydrogens is 352 g/mol. The van der Waals surface area contributed by atoms with Gasteiger partial charge in [0.2, 0.25) is 5.78 Å². The van der Waals surface area contributed by atoms with E-state index in [9.17, 15) is 5.11 Å². The van der Waals surface area contributed by atoms with Crippen LogP contribution in [0.3, 0.4) is 0 Å². The van der Waals surface area contributed by atoms with Gasteiger partial charge >= 0.3 is 0 Å². The fourth-order valence-corrected chi connectivity index (χ4v) is 2.93. The summed E-state index contributed by atoms with van der Waals surface area (Å²) < 4.78 is 7.07. The van der Waals surface area contributed by atoms with Crippen molar-refractivity contribution in [3.8, 4) is 22.8 Å². The molecule has 0 aliphatic rings. The van der Waals surface area contributed by atoms with Crippen LogP contribution in [0.25, 0.3) is 17.0 Å².